The SMILES string of the molecule is CC(=O)O.NC(N)=NCCCC(N)C(=O)N1CCCC1C(=O)Nc1ccc([N+](=O)[O-])cc1. The number of non-ortho nitro benzene ring substituents is 1. The van der Waals surface area contributed by atoms with Crippen molar-refractivity contribution in [3.63, 3.8) is 0 Å². The van der Waals surface area contributed by atoms with Crippen molar-refractivity contribution >= 4 is 35.1 Å². The Morgan fingerprint density at radius 2 is 1.91 bits per heavy atom. The van der Waals surface area contributed by atoms with E-state index in [1.807, 2.05) is 0 Å². The van der Waals surface area contributed by atoms with Gasteiger partial charge < -0.3 is 32.5 Å². The van der Waals surface area contributed by atoms with E-state index in [0.29, 0.717) is 44.5 Å². The third kappa shape index (κ3) is 8.95. The average Bonchev–Trinajstić information content (AvgIpc) is 3.20. The summed E-state index contributed by atoms with van der Waals surface area (Å²) in [5.74, 6) is -1.47. The maximum Gasteiger partial charge on any atom is 0.300 e. The van der Waals surface area contributed by atoms with Crippen LogP contribution in [0.4, 0.5) is 11.4 Å². The number of nitrogens with two attached hydrogens (primary N) is 3. The number of anilines is 1. The van der Waals surface area contributed by atoms with Gasteiger partial charge >= 0.3 is 0 Å². The molecule has 2 atom stereocenters. The second-order valence-corrected chi connectivity index (χ2v) is 7.06. The van der Waals surface area contributed by atoms with Crippen molar-refractivity contribution in [3.8, 4) is 0 Å². The predicted octanol–water partition coefficient (Wildman–Crippen LogP) is -0.00390. The van der Waals surface area contributed by atoms with Gasteiger partial charge in [-0.25, -0.2) is 0 Å². The number of benzene rings is 1. The molecule has 1 aromatic rings. The molecule has 8 N–H and O–H groups in total. The summed E-state index contributed by atoms with van der Waals surface area (Å²) in [6, 6.07) is 4.16. The Labute approximate surface area is 184 Å². The number of aliphatic carboxylic acids is 1. The van der Waals surface area contributed by atoms with E-state index in [2.05, 4.69) is 10.3 Å². The largest absolute Gasteiger partial charge is 0.481 e. The highest BCUT2D eigenvalue weighted by Crippen LogP contribution is 2.22. The van der Waals surface area contributed by atoms with E-state index in [9.17, 15) is 19.7 Å². The smallest absolute Gasteiger partial charge is 0.300 e. The second kappa shape index (κ2) is 12.8. The minimum Gasteiger partial charge on any atom is -0.481 e. The number of hydrogen-bond donors (Lipinski definition) is 5. The van der Waals surface area contributed by atoms with Gasteiger partial charge in [0.05, 0.1) is 11.0 Å². The molecule has 32 heavy (non-hydrogen) atoms. The number of carboxylic acid groups (broad SMARTS) is 1. The van der Waals surface area contributed by atoms with Crippen LogP contribution in [0.3, 0.4) is 0 Å². The van der Waals surface area contributed by atoms with Crippen molar-refractivity contribution in [2.24, 2.45) is 22.2 Å². The highest BCUT2D eigenvalue weighted by molar-refractivity contribution is 5.98. The summed E-state index contributed by atoms with van der Waals surface area (Å²) >= 11 is 0. The van der Waals surface area contributed by atoms with Gasteiger partial charge in [-0.3, -0.25) is 29.5 Å². The number of nitro benzene ring substituents is 1. The van der Waals surface area contributed by atoms with Crippen LogP contribution in [0.15, 0.2) is 29.3 Å². The van der Waals surface area contributed by atoms with Gasteiger partial charge in [-0.15, -0.1) is 0 Å². The zero-order chi connectivity index (χ0) is 24.3. The molecule has 0 spiro atoms. The fourth-order valence-corrected chi connectivity index (χ4v) is 3.05. The Morgan fingerprint density at radius 3 is 2.44 bits per heavy atom. The van der Waals surface area contributed by atoms with Crippen LogP contribution < -0.4 is 22.5 Å². The lowest BCUT2D eigenvalue weighted by molar-refractivity contribution is -0.384. The fraction of sp³-hybridized carbons (Fsp3) is 0.474. The number of carboxylic acids is 1. The van der Waals surface area contributed by atoms with E-state index in [0.717, 1.165) is 6.92 Å². The van der Waals surface area contributed by atoms with Crippen LogP contribution in [0, 0.1) is 10.1 Å². The van der Waals surface area contributed by atoms with Crippen LogP contribution in [0.1, 0.15) is 32.6 Å². The van der Waals surface area contributed by atoms with E-state index >= 15 is 0 Å². The lowest BCUT2D eigenvalue weighted by atomic mass is 10.1. The van der Waals surface area contributed by atoms with Gasteiger partial charge in [0.25, 0.3) is 11.7 Å². The van der Waals surface area contributed by atoms with Crippen LogP contribution in [0.5, 0.6) is 0 Å². The van der Waals surface area contributed by atoms with E-state index in [-0.39, 0.29) is 23.5 Å². The first-order valence-corrected chi connectivity index (χ1v) is 9.89. The van der Waals surface area contributed by atoms with Gasteiger partial charge in [-0.1, -0.05) is 0 Å². The molecule has 0 aromatic heterocycles. The molecule has 2 unspecified atom stereocenters. The van der Waals surface area contributed by atoms with Gasteiger partial charge in [0.1, 0.15) is 6.04 Å². The summed E-state index contributed by atoms with van der Waals surface area (Å²) in [5, 5.41) is 20.8. The van der Waals surface area contributed by atoms with Gasteiger partial charge in [-0.2, -0.15) is 0 Å². The molecule has 2 rings (SSSR count). The van der Waals surface area contributed by atoms with Crippen LogP contribution in [-0.4, -0.2) is 63.8 Å². The third-order valence-corrected chi connectivity index (χ3v) is 4.47. The standard InChI is InChI=1S/C17H25N7O4.C2H4O2/c18-13(3-1-9-21-17(19)20)16(26)23-10-2-4-14(23)15(25)22-11-5-7-12(8-6-11)24(27)28;1-2(3)4/h5-8,13-14H,1-4,9-10,18H2,(H,22,25)(H4,19,20,21);1H3,(H,3,4). The summed E-state index contributed by atoms with van der Waals surface area (Å²) in [4.78, 5) is 49.7. The number of nitrogens with zero attached hydrogens (tertiary/aromatic N) is 3. The number of nitrogens with one attached hydrogen (secondary N) is 1. The summed E-state index contributed by atoms with van der Waals surface area (Å²) in [6.07, 6.45) is 2.19. The molecule has 1 aromatic carbocycles. The molecule has 176 valence electrons. The Hall–Kier alpha value is -3.74. The molecule has 1 fully saturated rings. The van der Waals surface area contributed by atoms with Crippen molar-refractivity contribution in [2.45, 2.75) is 44.7 Å². The Bertz CT molecular complexity index is 835. The minimum absolute atomic E-state index is 0.0116. The average molecular weight is 451 g/mol. The summed E-state index contributed by atoms with van der Waals surface area (Å²) in [6.45, 7) is 1.92. The Kier molecular flexibility index (Phi) is 10.6. The molecule has 1 saturated heterocycles. The zero-order valence-corrected chi connectivity index (χ0v) is 17.8. The van der Waals surface area contributed by atoms with E-state index < -0.39 is 23.0 Å². The summed E-state index contributed by atoms with van der Waals surface area (Å²) in [7, 11) is 0. The number of rotatable bonds is 8. The molecule has 1 aliphatic rings. The third-order valence-electron chi connectivity index (χ3n) is 4.47. The van der Waals surface area contributed by atoms with Crippen molar-refractivity contribution < 1.29 is 24.4 Å². The lowest BCUT2D eigenvalue weighted by Crippen LogP contribution is -2.49. The lowest BCUT2D eigenvalue weighted by Gasteiger charge is -2.26. The normalized spacial score (nSPS) is 15.7. The number of guanidine groups is 1. The molecule has 2 amide bonds. The number of carbonyl (C=O) groups excluding carboxylic acids is 2. The van der Waals surface area contributed by atoms with E-state index in [4.69, 9.17) is 27.1 Å². The maximum absolute atomic E-state index is 12.6. The second-order valence-electron chi connectivity index (χ2n) is 7.06. The molecule has 0 aliphatic carbocycles. The first kappa shape index (κ1) is 26.3. The molecule has 0 saturated carbocycles. The minimum atomic E-state index is -0.833. The molecule has 1 heterocycles. The molecule has 13 nitrogen and oxygen atoms in total. The summed E-state index contributed by atoms with van der Waals surface area (Å²) < 4.78 is 0. The molecule has 0 bridgehead atoms. The quantitative estimate of drug-likeness (QED) is 0.118. The van der Waals surface area contributed by atoms with Gasteiger partial charge in [0.2, 0.25) is 11.8 Å². The Morgan fingerprint density at radius 1 is 1.31 bits per heavy atom. The van der Waals surface area contributed by atoms with Crippen molar-refractivity contribution in [3.05, 3.63) is 34.4 Å². The fourth-order valence-electron chi connectivity index (χ4n) is 3.05. The van der Waals surface area contributed by atoms with Crippen LogP contribution in [0.2, 0.25) is 0 Å². The van der Waals surface area contributed by atoms with Crippen molar-refractivity contribution in [1.82, 2.24) is 4.90 Å². The number of carbonyl (C=O) groups is 3. The van der Waals surface area contributed by atoms with Crippen LogP contribution >= 0.6 is 0 Å². The monoisotopic (exact) mass is 451 g/mol. The van der Waals surface area contributed by atoms with Gasteiger partial charge in [0.15, 0.2) is 5.96 Å². The highest BCUT2D eigenvalue weighted by Gasteiger charge is 2.36. The van der Waals surface area contributed by atoms with Crippen molar-refractivity contribution in [1.29, 1.82) is 0 Å². The van der Waals surface area contributed by atoms with E-state index in [1.54, 1.807) is 0 Å². The molecular formula is C19H29N7O6. The zero-order valence-electron chi connectivity index (χ0n) is 17.8. The number of nitro groups is 1. The molecule has 1 aliphatic heterocycles. The summed E-state index contributed by atoms with van der Waals surface area (Å²) in [5.41, 5.74) is 16.8. The van der Waals surface area contributed by atoms with E-state index in [1.165, 1.54) is 29.2 Å². The number of hydrogen-bond acceptors (Lipinski definition) is 7. The maximum atomic E-state index is 12.6. The van der Waals surface area contributed by atoms with Gasteiger partial charge in [-0.05, 0) is 37.8 Å². The number of aliphatic imine (C=N–C) groups is 1. The van der Waals surface area contributed by atoms with Crippen LogP contribution in [-0.2, 0) is 14.4 Å². The first-order chi connectivity index (χ1) is 15.0. The first-order valence-electron chi connectivity index (χ1n) is 9.89. The topological polar surface area (TPSA) is 220 Å². The molecule has 0 radical (unpaired) electrons. The number of likely N-dealkylation sites (tertiary alicyclic amines) is 1. The molecule has 13 heteroatoms. The molecular weight excluding hydrogens is 422 g/mol. The van der Waals surface area contributed by atoms with Crippen molar-refractivity contribution in [2.75, 3.05) is 18.4 Å². The predicted molar refractivity (Wildman–Crippen MR) is 118 cm³/mol. The Balaban J connectivity index is 0.00000118. The number of amides is 2. The van der Waals surface area contributed by atoms with Gasteiger partial charge in [0, 0.05) is 37.8 Å². The van der Waals surface area contributed by atoms with Crippen LogP contribution in [0.25, 0.3) is 0 Å². The highest BCUT2D eigenvalue weighted by atomic mass is 16.6.